The Morgan fingerprint density at radius 3 is 2.68 bits per heavy atom. The fourth-order valence-corrected chi connectivity index (χ4v) is 3.45. The van der Waals surface area contributed by atoms with Gasteiger partial charge in [0.1, 0.15) is 0 Å². The molecule has 2 atom stereocenters. The third kappa shape index (κ3) is 3.78. The van der Waals surface area contributed by atoms with Crippen molar-refractivity contribution in [1.29, 1.82) is 0 Å². The molecule has 0 spiro atoms. The van der Waals surface area contributed by atoms with Gasteiger partial charge < -0.3 is 5.11 Å². The second kappa shape index (κ2) is 6.50. The molecule has 1 aliphatic carbocycles. The summed E-state index contributed by atoms with van der Waals surface area (Å²) in [6.45, 7) is 0. The van der Waals surface area contributed by atoms with Gasteiger partial charge in [-0.15, -0.1) is 0 Å². The highest BCUT2D eigenvalue weighted by molar-refractivity contribution is 14.1. The fraction of sp³-hybridized carbons (Fsp3) is 0.467. The molecule has 102 valence electrons. The Morgan fingerprint density at radius 2 is 2.00 bits per heavy atom. The zero-order chi connectivity index (χ0) is 13.8. The van der Waals surface area contributed by atoms with Crippen LogP contribution < -0.4 is 0 Å². The summed E-state index contributed by atoms with van der Waals surface area (Å²) in [6.07, 6.45) is 3.76. The minimum atomic E-state index is -0.716. The lowest BCUT2D eigenvalue weighted by Crippen LogP contribution is -2.24. The lowest BCUT2D eigenvalue weighted by molar-refractivity contribution is -0.143. The van der Waals surface area contributed by atoms with Crippen molar-refractivity contribution in [3.8, 4) is 0 Å². The summed E-state index contributed by atoms with van der Waals surface area (Å²) in [4.78, 5) is 23.3. The number of carboxylic acid groups (broad SMARTS) is 1. The van der Waals surface area contributed by atoms with E-state index in [9.17, 15) is 9.59 Å². The first-order valence-corrected chi connectivity index (χ1v) is 7.66. The van der Waals surface area contributed by atoms with E-state index in [0.717, 1.165) is 28.4 Å². The molecule has 1 N–H and O–H groups in total. The number of Topliss-reactive ketones (excluding diaryl/α,β-unsaturated/α-hetero) is 1. The van der Waals surface area contributed by atoms with E-state index >= 15 is 0 Å². The summed E-state index contributed by atoms with van der Waals surface area (Å²) < 4.78 is 0.968. The number of carbonyl (C=O) groups excluding carboxylic acids is 1. The molecule has 4 heteroatoms. The quantitative estimate of drug-likeness (QED) is 0.647. The van der Waals surface area contributed by atoms with Crippen LogP contribution in [0.1, 0.15) is 42.5 Å². The Balaban J connectivity index is 1.99. The summed E-state index contributed by atoms with van der Waals surface area (Å²) in [6, 6.07) is 7.56. The van der Waals surface area contributed by atoms with E-state index in [1.54, 1.807) is 0 Å². The largest absolute Gasteiger partial charge is 0.481 e. The van der Waals surface area contributed by atoms with E-state index < -0.39 is 5.97 Å². The van der Waals surface area contributed by atoms with E-state index in [-0.39, 0.29) is 17.6 Å². The summed E-state index contributed by atoms with van der Waals surface area (Å²) in [5.41, 5.74) is 0.764. The van der Waals surface area contributed by atoms with E-state index in [4.69, 9.17) is 5.11 Å². The molecule has 0 bridgehead atoms. The Morgan fingerprint density at radius 1 is 1.26 bits per heavy atom. The number of benzene rings is 1. The van der Waals surface area contributed by atoms with Gasteiger partial charge in [0.15, 0.2) is 5.78 Å². The third-order valence-corrected chi connectivity index (χ3v) is 4.72. The van der Waals surface area contributed by atoms with Gasteiger partial charge in [-0.3, -0.25) is 9.59 Å². The van der Waals surface area contributed by atoms with Crippen molar-refractivity contribution < 1.29 is 14.7 Å². The molecule has 0 aliphatic heterocycles. The molecule has 0 heterocycles. The van der Waals surface area contributed by atoms with E-state index in [0.29, 0.717) is 12.8 Å². The van der Waals surface area contributed by atoms with Crippen molar-refractivity contribution in [3.05, 3.63) is 33.4 Å². The molecule has 1 fully saturated rings. The van der Waals surface area contributed by atoms with Crippen molar-refractivity contribution >= 4 is 34.3 Å². The SMILES string of the molecule is O=C(C[C@H]1CCC[C@@H](C(=O)O)C1)c1ccccc1I. The van der Waals surface area contributed by atoms with Gasteiger partial charge in [0, 0.05) is 15.6 Å². The number of hydrogen-bond donors (Lipinski definition) is 1. The number of aliphatic carboxylic acids is 1. The van der Waals surface area contributed by atoms with Gasteiger partial charge in [-0.1, -0.05) is 24.6 Å². The maximum Gasteiger partial charge on any atom is 0.306 e. The van der Waals surface area contributed by atoms with Crippen LogP contribution in [-0.2, 0) is 4.79 Å². The van der Waals surface area contributed by atoms with Crippen LogP contribution in [0.3, 0.4) is 0 Å². The number of carbonyl (C=O) groups is 2. The highest BCUT2D eigenvalue weighted by Gasteiger charge is 2.28. The number of ketones is 1. The minimum Gasteiger partial charge on any atom is -0.481 e. The van der Waals surface area contributed by atoms with Gasteiger partial charge in [-0.25, -0.2) is 0 Å². The van der Waals surface area contributed by atoms with E-state index in [1.807, 2.05) is 24.3 Å². The highest BCUT2D eigenvalue weighted by atomic mass is 127. The minimum absolute atomic E-state index is 0.140. The zero-order valence-corrected chi connectivity index (χ0v) is 12.8. The Labute approximate surface area is 126 Å². The Hall–Kier alpha value is -0.910. The molecule has 1 aliphatic rings. The predicted molar refractivity (Wildman–Crippen MR) is 81.2 cm³/mol. The van der Waals surface area contributed by atoms with Crippen molar-refractivity contribution in [2.24, 2.45) is 11.8 Å². The number of halogens is 1. The average Bonchev–Trinajstić information content (AvgIpc) is 2.39. The number of hydrogen-bond acceptors (Lipinski definition) is 2. The molecule has 1 aromatic rings. The number of rotatable bonds is 4. The van der Waals surface area contributed by atoms with Gasteiger partial charge in [0.25, 0.3) is 0 Å². The first kappa shape index (κ1) is 14.5. The Kier molecular flexibility index (Phi) is 4.96. The average molecular weight is 372 g/mol. The maximum atomic E-state index is 12.3. The third-order valence-electron chi connectivity index (χ3n) is 3.78. The molecule has 19 heavy (non-hydrogen) atoms. The second-order valence-electron chi connectivity index (χ2n) is 5.17. The lowest BCUT2D eigenvalue weighted by atomic mass is 9.78. The fourth-order valence-electron chi connectivity index (χ4n) is 2.76. The molecule has 0 aromatic heterocycles. The van der Waals surface area contributed by atoms with Crippen molar-refractivity contribution in [1.82, 2.24) is 0 Å². The molecular weight excluding hydrogens is 355 g/mol. The van der Waals surface area contributed by atoms with Crippen LogP contribution >= 0.6 is 22.6 Å². The second-order valence-corrected chi connectivity index (χ2v) is 6.34. The normalized spacial score (nSPS) is 23.0. The molecule has 0 unspecified atom stereocenters. The molecule has 1 aromatic carbocycles. The van der Waals surface area contributed by atoms with Crippen LogP contribution in [0.2, 0.25) is 0 Å². The van der Waals surface area contributed by atoms with Gasteiger partial charge >= 0.3 is 5.97 Å². The molecule has 2 rings (SSSR count). The summed E-state index contributed by atoms with van der Waals surface area (Å²) in [5, 5.41) is 9.07. The maximum absolute atomic E-state index is 12.3. The predicted octanol–water partition coefficient (Wildman–Crippen LogP) is 3.76. The molecular formula is C15H17IO3. The van der Waals surface area contributed by atoms with Crippen molar-refractivity contribution in [2.75, 3.05) is 0 Å². The van der Waals surface area contributed by atoms with Crippen LogP contribution in [0.4, 0.5) is 0 Å². The van der Waals surface area contributed by atoms with Gasteiger partial charge in [-0.2, -0.15) is 0 Å². The van der Waals surface area contributed by atoms with Gasteiger partial charge in [0.2, 0.25) is 0 Å². The standard InChI is InChI=1S/C15H17IO3/c16-13-7-2-1-6-12(13)14(17)9-10-4-3-5-11(8-10)15(18)19/h1-2,6-7,10-11H,3-5,8-9H2,(H,18,19)/t10-,11+/m0/s1. The van der Waals surface area contributed by atoms with Crippen LogP contribution in [-0.4, -0.2) is 16.9 Å². The summed E-state index contributed by atoms with van der Waals surface area (Å²) >= 11 is 2.17. The summed E-state index contributed by atoms with van der Waals surface area (Å²) in [7, 11) is 0. The summed E-state index contributed by atoms with van der Waals surface area (Å²) in [5.74, 6) is -0.618. The highest BCUT2D eigenvalue weighted by Crippen LogP contribution is 2.32. The van der Waals surface area contributed by atoms with E-state index in [2.05, 4.69) is 22.6 Å². The lowest BCUT2D eigenvalue weighted by Gasteiger charge is -2.26. The van der Waals surface area contributed by atoms with Crippen molar-refractivity contribution in [3.63, 3.8) is 0 Å². The van der Waals surface area contributed by atoms with Crippen molar-refractivity contribution in [2.45, 2.75) is 32.1 Å². The molecule has 0 amide bonds. The van der Waals surface area contributed by atoms with Crippen LogP contribution in [0.25, 0.3) is 0 Å². The number of carboxylic acids is 1. The van der Waals surface area contributed by atoms with Crippen LogP contribution in [0, 0.1) is 15.4 Å². The van der Waals surface area contributed by atoms with Gasteiger partial charge in [-0.05, 0) is 53.8 Å². The first-order valence-electron chi connectivity index (χ1n) is 6.58. The van der Waals surface area contributed by atoms with Crippen LogP contribution in [0.15, 0.2) is 24.3 Å². The first-order chi connectivity index (χ1) is 9.08. The molecule has 0 saturated heterocycles. The van der Waals surface area contributed by atoms with Crippen LogP contribution in [0.5, 0.6) is 0 Å². The topological polar surface area (TPSA) is 54.4 Å². The molecule has 3 nitrogen and oxygen atoms in total. The van der Waals surface area contributed by atoms with E-state index in [1.165, 1.54) is 0 Å². The molecule has 1 saturated carbocycles. The molecule has 0 radical (unpaired) electrons. The Bertz CT molecular complexity index is 484. The monoisotopic (exact) mass is 372 g/mol. The zero-order valence-electron chi connectivity index (χ0n) is 10.6. The smallest absolute Gasteiger partial charge is 0.306 e. The van der Waals surface area contributed by atoms with Gasteiger partial charge in [0.05, 0.1) is 5.92 Å².